The van der Waals surface area contributed by atoms with Crippen LogP contribution in [-0.2, 0) is 30.4 Å². The molecule has 27 heavy (non-hydrogen) atoms. The predicted octanol–water partition coefficient (Wildman–Crippen LogP) is 4.83. The van der Waals surface area contributed by atoms with Crippen molar-refractivity contribution in [1.29, 1.82) is 0 Å². The smallest absolute Gasteiger partial charge is 0.346 e. The van der Waals surface area contributed by atoms with Crippen molar-refractivity contribution in [1.82, 2.24) is 0 Å². The molecule has 8 nitrogen and oxygen atoms in total. The summed E-state index contributed by atoms with van der Waals surface area (Å²) in [7, 11) is 0. The first-order valence-electron chi connectivity index (χ1n) is 8.24. The van der Waals surface area contributed by atoms with Gasteiger partial charge in [-0.2, -0.15) is 0 Å². The van der Waals surface area contributed by atoms with Crippen LogP contribution in [0.2, 0.25) is 0 Å². The molecule has 1 rings (SSSR count). The second-order valence-electron chi connectivity index (χ2n) is 4.98. The number of nitro benzene ring substituents is 1. The third kappa shape index (κ3) is 7.59. The second kappa shape index (κ2) is 11.4. The molecular formula is C16H23N2O6PS2. The van der Waals surface area contributed by atoms with Gasteiger partial charge in [0.15, 0.2) is 0 Å². The largest absolute Gasteiger partial charge is 0.462 e. The molecule has 0 aliphatic heterocycles. The van der Waals surface area contributed by atoms with E-state index in [1.807, 2.05) is 0 Å². The molecule has 0 fully saturated rings. The lowest BCUT2D eigenvalue weighted by Crippen LogP contribution is -2.11. The van der Waals surface area contributed by atoms with E-state index in [1.54, 1.807) is 39.8 Å². The number of nitrogens with zero attached hydrogens (tertiary/aromatic N) is 1. The first-order valence-corrected chi connectivity index (χ1v) is 12.3. The highest BCUT2D eigenvalue weighted by molar-refractivity contribution is 8.69. The molecule has 1 aromatic carbocycles. The number of nitrogens with one attached hydrogen (secondary N) is 1. The third-order valence-electron chi connectivity index (χ3n) is 2.99. The Morgan fingerprint density at radius 2 is 1.74 bits per heavy atom. The van der Waals surface area contributed by atoms with Crippen LogP contribution in [0, 0.1) is 10.1 Å². The Balaban J connectivity index is 3.16. The molecule has 11 heteroatoms. The molecule has 0 atom stereocenters. The van der Waals surface area contributed by atoms with Gasteiger partial charge in [-0.05, 0) is 63.0 Å². The zero-order valence-corrected chi connectivity index (χ0v) is 18.1. The number of carbonyl (C=O) groups excluding carboxylic acids is 1. The molecule has 0 aliphatic carbocycles. The van der Waals surface area contributed by atoms with Crippen LogP contribution in [0.3, 0.4) is 0 Å². The fraction of sp³-hybridized carbons (Fsp3) is 0.438. The first-order chi connectivity index (χ1) is 12.8. The number of hydrogen-bond donors (Lipinski definition) is 1. The average Bonchev–Trinajstić information content (AvgIpc) is 2.60. The van der Waals surface area contributed by atoms with E-state index in [9.17, 15) is 14.9 Å². The van der Waals surface area contributed by atoms with Crippen LogP contribution in [0.15, 0.2) is 34.9 Å². The van der Waals surface area contributed by atoms with E-state index in [1.165, 1.54) is 12.1 Å². The Hall–Kier alpha value is -1.45. The highest BCUT2D eigenvalue weighted by Gasteiger charge is 2.28. The quantitative estimate of drug-likeness (QED) is 0.172. The molecular weight excluding hydrogens is 411 g/mol. The Morgan fingerprint density at radius 3 is 2.19 bits per heavy atom. The van der Waals surface area contributed by atoms with Crippen molar-refractivity contribution < 1.29 is 23.5 Å². The number of non-ortho nitro benzene ring substituents is 1. The zero-order valence-electron chi connectivity index (χ0n) is 15.6. The van der Waals surface area contributed by atoms with Gasteiger partial charge < -0.3 is 19.1 Å². The molecule has 1 aromatic rings. The summed E-state index contributed by atoms with van der Waals surface area (Å²) in [5, 5.41) is 13.8. The molecule has 0 spiro atoms. The highest BCUT2D eigenvalue weighted by atomic mass is 32.9. The Morgan fingerprint density at radius 1 is 1.19 bits per heavy atom. The van der Waals surface area contributed by atoms with Crippen LogP contribution in [0.5, 0.6) is 0 Å². The maximum absolute atomic E-state index is 12.4. The summed E-state index contributed by atoms with van der Waals surface area (Å²) in [6, 6.07) is 5.85. The first kappa shape index (κ1) is 23.6. The molecule has 0 unspecified atom stereocenters. The van der Waals surface area contributed by atoms with Crippen molar-refractivity contribution in [3.8, 4) is 0 Å². The van der Waals surface area contributed by atoms with Crippen LogP contribution in [0.25, 0.3) is 0 Å². The van der Waals surface area contributed by atoms with Crippen LogP contribution < -0.4 is 5.32 Å². The van der Waals surface area contributed by atoms with Crippen molar-refractivity contribution in [2.24, 2.45) is 0 Å². The SMILES string of the molecule is CCOC(=O)C(SP(=S)(OCC)OCC)=C(C)Nc1ccc([N+](=O)[O-])cc1. The van der Waals surface area contributed by atoms with Gasteiger partial charge in [0.2, 0.25) is 0 Å². The minimum Gasteiger partial charge on any atom is -0.462 e. The van der Waals surface area contributed by atoms with E-state index >= 15 is 0 Å². The standard InChI is InChI=1S/C16H23N2O6PS2/c1-5-22-16(19)15(27-25(26,23-6-2)24-7-3)12(4)17-13-8-10-14(11-9-13)18(20)21/h8-11,17H,5-7H2,1-4H3. The van der Waals surface area contributed by atoms with Crippen molar-refractivity contribution in [3.05, 3.63) is 45.0 Å². The van der Waals surface area contributed by atoms with Crippen LogP contribution in [0.4, 0.5) is 11.4 Å². The number of esters is 1. The highest BCUT2D eigenvalue weighted by Crippen LogP contribution is 2.64. The molecule has 0 bridgehead atoms. The minimum atomic E-state index is -2.77. The summed E-state index contributed by atoms with van der Waals surface area (Å²) in [6.45, 7) is 7.93. The number of nitro groups is 1. The van der Waals surface area contributed by atoms with Gasteiger partial charge >= 0.3 is 5.97 Å². The maximum Gasteiger partial charge on any atom is 0.346 e. The number of carbonyl (C=O) groups is 1. The lowest BCUT2D eigenvalue weighted by atomic mass is 10.2. The van der Waals surface area contributed by atoms with Crippen molar-refractivity contribution in [2.45, 2.75) is 27.7 Å². The maximum atomic E-state index is 12.4. The summed E-state index contributed by atoms with van der Waals surface area (Å²) in [4.78, 5) is 23.0. The lowest BCUT2D eigenvalue weighted by molar-refractivity contribution is -0.384. The van der Waals surface area contributed by atoms with Gasteiger partial charge in [-0.15, -0.1) is 0 Å². The fourth-order valence-electron chi connectivity index (χ4n) is 1.91. The Labute approximate surface area is 167 Å². The number of ether oxygens (including phenoxy) is 1. The van der Waals surface area contributed by atoms with E-state index in [-0.39, 0.29) is 17.2 Å². The molecule has 0 amide bonds. The van der Waals surface area contributed by atoms with Gasteiger partial charge in [0.25, 0.3) is 11.4 Å². The Bertz CT molecular complexity index is 729. The van der Waals surface area contributed by atoms with E-state index in [0.717, 1.165) is 11.4 Å². The normalized spacial score (nSPS) is 12.3. The van der Waals surface area contributed by atoms with Gasteiger partial charge in [-0.1, -0.05) is 0 Å². The zero-order chi connectivity index (χ0) is 20.4. The van der Waals surface area contributed by atoms with Crippen LogP contribution in [-0.4, -0.2) is 30.7 Å². The van der Waals surface area contributed by atoms with E-state index in [2.05, 4.69) is 5.32 Å². The summed E-state index contributed by atoms with van der Waals surface area (Å²) in [5.41, 5.74) is -1.72. The predicted molar refractivity (Wildman–Crippen MR) is 111 cm³/mol. The van der Waals surface area contributed by atoms with Crippen molar-refractivity contribution in [3.63, 3.8) is 0 Å². The van der Waals surface area contributed by atoms with Crippen molar-refractivity contribution in [2.75, 3.05) is 25.1 Å². The Kier molecular flexibility index (Phi) is 9.97. The fourth-order valence-corrected chi connectivity index (χ4v) is 6.83. The van der Waals surface area contributed by atoms with Crippen molar-refractivity contribution >= 4 is 46.2 Å². The molecule has 1 N–H and O–H groups in total. The van der Waals surface area contributed by atoms with Gasteiger partial charge in [0.05, 0.1) is 24.7 Å². The summed E-state index contributed by atoms with van der Waals surface area (Å²) >= 11 is 6.53. The number of anilines is 1. The summed E-state index contributed by atoms with van der Waals surface area (Å²) in [6.07, 6.45) is 0. The second-order valence-corrected chi connectivity index (χ2v) is 11.1. The van der Waals surface area contributed by atoms with Gasteiger partial charge in [0, 0.05) is 23.5 Å². The number of hydrogen-bond acceptors (Lipinski definition) is 9. The van der Waals surface area contributed by atoms with E-state index < -0.39 is 16.6 Å². The monoisotopic (exact) mass is 434 g/mol. The lowest BCUT2D eigenvalue weighted by Gasteiger charge is -2.22. The third-order valence-corrected chi connectivity index (χ3v) is 8.17. The molecule has 0 saturated heterocycles. The van der Waals surface area contributed by atoms with Crippen LogP contribution in [0.1, 0.15) is 27.7 Å². The molecule has 0 radical (unpaired) electrons. The number of allylic oxidation sites excluding steroid dienone is 1. The number of rotatable bonds is 11. The minimum absolute atomic E-state index is 0.0228. The summed E-state index contributed by atoms with van der Waals surface area (Å²) < 4.78 is 16.3. The topological polar surface area (TPSA) is 99.9 Å². The molecule has 0 heterocycles. The summed E-state index contributed by atoms with van der Waals surface area (Å²) in [5.74, 6) is -0.539. The van der Waals surface area contributed by atoms with Gasteiger partial charge in [-0.25, -0.2) is 4.79 Å². The van der Waals surface area contributed by atoms with E-state index in [4.69, 9.17) is 25.6 Å². The molecule has 0 aromatic heterocycles. The molecule has 150 valence electrons. The van der Waals surface area contributed by atoms with Gasteiger partial charge in [0.1, 0.15) is 4.91 Å². The molecule has 0 saturated carbocycles. The molecule has 0 aliphatic rings. The average molecular weight is 434 g/mol. The van der Waals surface area contributed by atoms with Crippen LogP contribution >= 0.6 is 17.1 Å². The van der Waals surface area contributed by atoms with Gasteiger partial charge in [-0.3, -0.25) is 10.1 Å². The van der Waals surface area contributed by atoms with E-state index in [0.29, 0.717) is 24.6 Å². The number of benzene rings is 1.